The lowest BCUT2D eigenvalue weighted by molar-refractivity contribution is -0.120. The molecule has 1 aromatic rings. The molecule has 1 heterocycles. The second-order valence-corrected chi connectivity index (χ2v) is 4.39. The highest BCUT2D eigenvalue weighted by Crippen LogP contribution is 2.23. The maximum Gasteiger partial charge on any atom is 0.228 e. The van der Waals surface area contributed by atoms with E-state index in [2.05, 4.69) is 24.7 Å². The Labute approximate surface area is 120 Å². The number of nitrogens with two attached hydrogens (primary N) is 1. The molecule has 2 N–H and O–H groups in total. The third kappa shape index (κ3) is 3.90. The molecule has 106 valence electrons. The van der Waals surface area contributed by atoms with Gasteiger partial charge in [0.25, 0.3) is 0 Å². The number of pyridine rings is 1. The Kier molecular flexibility index (Phi) is 6.40. The number of primary amides is 1. The van der Waals surface area contributed by atoms with Gasteiger partial charge >= 0.3 is 0 Å². The molecular formula is C16H21N3O. The fraction of sp³-hybridized carbons (Fsp3) is 0.250. The molecule has 20 heavy (non-hydrogen) atoms. The average Bonchev–Trinajstić information content (AvgIpc) is 2.45. The van der Waals surface area contributed by atoms with Gasteiger partial charge in [0.1, 0.15) is 0 Å². The Bertz CT molecular complexity index is 460. The van der Waals surface area contributed by atoms with Crippen LogP contribution in [0.4, 0.5) is 0 Å². The lowest BCUT2D eigenvalue weighted by atomic mass is 9.93. The maximum absolute atomic E-state index is 11.9. The van der Waals surface area contributed by atoms with Gasteiger partial charge in [0.05, 0.1) is 11.6 Å². The van der Waals surface area contributed by atoms with E-state index in [-0.39, 0.29) is 6.04 Å². The number of nitrogens with zero attached hydrogens (tertiary/aromatic N) is 2. The minimum atomic E-state index is -0.548. The molecular weight excluding hydrogens is 250 g/mol. The molecule has 0 radical (unpaired) electrons. The standard InChI is InChI=1S/C16H21N3O/c1-4-11-19(12-5-2)14(6-3)15(16(17)20)13-9-7-8-10-18-13/h4-10,14-15H,1-3,11-12H2,(H2,17,20). The fourth-order valence-corrected chi connectivity index (χ4v) is 2.19. The van der Waals surface area contributed by atoms with Gasteiger partial charge in [-0.1, -0.05) is 24.3 Å². The van der Waals surface area contributed by atoms with Gasteiger partial charge in [-0.2, -0.15) is 0 Å². The zero-order chi connectivity index (χ0) is 15.0. The van der Waals surface area contributed by atoms with Crippen LogP contribution in [-0.4, -0.2) is 34.9 Å². The molecule has 1 amide bonds. The third-order valence-electron chi connectivity index (χ3n) is 3.04. The van der Waals surface area contributed by atoms with E-state index in [1.54, 1.807) is 36.6 Å². The zero-order valence-corrected chi connectivity index (χ0v) is 11.6. The summed E-state index contributed by atoms with van der Waals surface area (Å²) < 4.78 is 0. The van der Waals surface area contributed by atoms with Crippen LogP contribution < -0.4 is 5.73 Å². The summed E-state index contributed by atoms with van der Waals surface area (Å²) in [6.45, 7) is 12.5. The molecule has 4 heteroatoms. The van der Waals surface area contributed by atoms with Gasteiger partial charge in [-0.05, 0) is 12.1 Å². The van der Waals surface area contributed by atoms with Crippen LogP contribution >= 0.6 is 0 Å². The van der Waals surface area contributed by atoms with E-state index in [4.69, 9.17) is 5.73 Å². The highest BCUT2D eigenvalue weighted by atomic mass is 16.1. The summed E-state index contributed by atoms with van der Waals surface area (Å²) in [4.78, 5) is 18.1. The van der Waals surface area contributed by atoms with Crippen LogP contribution in [-0.2, 0) is 4.79 Å². The van der Waals surface area contributed by atoms with E-state index in [9.17, 15) is 4.79 Å². The number of carbonyl (C=O) groups excluding carboxylic acids is 1. The highest BCUT2D eigenvalue weighted by Gasteiger charge is 2.30. The van der Waals surface area contributed by atoms with Crippen molar-refractivity contribution in [2.75, 3.05) is 13.1 Å². The molecule has 0 spiro atoms. The van der Waals surface area contributed by atoms with E-state index in [1.165, 1.54) is 0 Å². The van der Waals surface area contributed by atoms with Gasteiger partial charge in [0.15, 0.2) is 0 Å². The molecule has 2 unspecified atom stereocenters. The molecule has 0 saturated heterocycles. The van der Waals surface area contributed by atoms with Crippen LogP contribution in [0.2, 0.25) is 0 Å². The quantitative estimate of drug-likeness (QED) is 0.698. The van der Waals surface area contributed by atoms with Crippen molar-refractivity contribution in [3.05, 3.63) is 68.1 Å². The van der Waals surface area contributed by atoms with Gasteiger partial charge in [0, 0.05) is 25.3 Å². The second kappa shape index (κ2) is 8.07. The first-order chi connectivity index (χ1) is 9.65. The number of rotatable bonds is 9. The van der Waals surface area contributed by atoms with Crippen molar-refractivity contribution >= 4 is 5.91 Å². The first-order valence-electron chi connectivity index (χ1n) is 6.44. The Balaban J connectivity index is 3.14. The number of carbonyl (C=O) groups is 1. The number of aromatic nitrogens is 1. The van der Waals surface area contributed by atoms with Crippen molar-refractivity contribution < 1.29 is 4.79 Å². The average molecular weight is 271 g/mol. The van der Waals surface area contributed by atoms with E-state index in [0.717, 1.165) is 0 Å². The molecule has 0 aromatic carbocycles. The van der Waals surface area contributed by atoms with Crippen molar-refractivity contribution in [1.29, 1.82) is 0 Å². The van der Waals surface area contributed by atoms with Crippen LogP contribution in [0.3, 0.4) is 0 Å². The maximum atomic E-state index is 11.9. The number of hydrogen-bond donors (Lipinski definition) is 1. The summed E-state index contributed by atoms with van der Waals surface area (Å²) in [5.74, 6) is -0.972. The normalized spacial score (nSPS) is 13.4. The largest absolute Gasteiger partial charge is 0.369 e. The first kappa shape index (κ1) is 15.9. The summed E-state index contributed by atoms with van der Waals surface area (Å²) in [5.41, 5.74) is 6.21. The molecule has 0 bridgehead atoms. The number of amides is 1. The second-order valence-electron chi connectivity index (χ2n) is 4.39. The molecule has 0 saturated carbocycles. The summed E-state index contributed by atoms with van der Waals surface area (Å²) >= 11 is 0. The molecule has 0 aliphatic rings. The van der Waals surface area contributed by atoms with E-state index in [1.807, 2.05) is 11.0 Å². The Hall–Kier alpha value is -2.20. The van der Waals surface area contributed by atoms with E-state index >= 15 is 0 Å². The topological polar surface area (TPSA) is 59.2 Å². The smallest absolute Gasteiger partial charge is 0.228 e. The lowest BCUT2D eigenvalue weighted by Crippen LogP contribution is -2.43. The van der Waals surface area contributed by atoms with Crippen LogP contribution in [0.15, 0.2) is 62.4 Å². The van der Waals surface area contributed by atoms with E-state index in [0.29, 0.717) is 18.8 Å². The van der Waals surface area contributed by atoms with Crippen molar-refractivity contribution in [3.63, 3.8) is 0 Å². The fourth-order valence-electron chi connectivity index (χ4n) is 2.19. The molecule has 0 fully saturated rings. The van der Waals surface area contributed by atoms with Crippen LogP contribution in [0.1, 0.15) is 11.6 Å². The molecule has 0 aliphatic heterocycles. The van der Waals surface area contributed by atoms with Crippen molar-refractivity contribution in [2.45, 2.75) is 12.0 Å². The monoisotopic (exact) mass is 271 g/mol. The minimum Gasteiger partial charge on any atom is -0.369 e. The lowest BCUT2D eigenvalue weighted by Gasteiger charge is -2.32. The molecule has 2 atom stereocenters. The molecule has 1 rings (SSSR count). The number of hydrogen-bond acceptors (Lipinski definition) is 3. The van der Waals surface area contributed by atoms with Crippen molar-refractivity contribution in [3.8, 4) is 0 Å². The molecule has 0 aliphatic carbocycles. The summed E-state index contributed by atoms with van der Waals surface area (Å²) in [6, 6.07) is 5.18. The molecule has 1 aromatic heterocycles. The van der Waals surface area contributed by atoms with Gasteiger partial charge < -0.3 is 5.73 Å². The van der Waals surface area contributed by atoms with Crippen molar-refractivity contribution in [2.24, 2.45) is 5.73 Å². The highest BCUT2D eigenvalue weighted by molar-refractivity contribution is 5.82. The van der Waals surface area contributed by atoms with Crippen LogP contribution in [0, 0.1) is 0 Å². The Morgan fingerprint density at radius 3 is 2.35 bits per heavy atom. The van der Waals surface area contributed by atoms with Gasteiger partial charge in [-0.3, -0.25) is 14.7 Å². The Morgan fingerprint density at radius 1 is 1.30 bits per heavy atom. The van der Waals surface area contributed by atoms with Crippen LogP contribution in [0.5, 0.6) is 0 Å². The SMILES string of the molecule is C=CCN(CC=C)C(C=C)C(C(N)=O)c1ccccn1. The molecule has 4 nitrogen and oxygen atoms in total. The van der Waals surface area contributed by atoms with Crippen molar-refractivity contribution in [1.82, 2.24) is 9.88 Å². The predicted octanol–water partition coefficient (Wildman–Crippen LogP) is 1.88. The first-order valence-corrected chi connectivity index (χ1v) is 6.44. The summed E-state index contributed by atoms with van der Waals surface area (Å²) in [5, 5.41) is 0. The predicted molar refractivity (Wildman–Crippen MR) is 82.1 cm³/mol. The van der Waals surface area contributed by atoms with Crippen LogP contribution in [0.25, 0.3) is 0 Å². The summed E-state index contributed by atoms with van der Waals surface area (Å²) in [7, 11) is 0. The zero-order valence-electron chi connectivity index (χ0n) is 11.6. The van der Waals surface area contributed by atoms with Gasteiger partial charge in [-0.15, -0.1) is 19.7 Å². The Morgan fingerprint density at radius 2 is 1.95 bits per heavy atom. The van der Waals surface area contributed by atoms with E-state index < -0.39 is 11.8 Å². The third-order valence-corrected chi connectivity index (χ3v) is 3.04. The van der Waals surface area contributed by atoms with Gasteiger partial charge in [0.2, 0.25) is 5.91 Å². The van der Waals surface area contributed by atoms with Gasteiger partial charge in [-0.25, -0.2) is 0 Å². The minimum absolute atomic E-state index is 0.251. The summed E-state index contributed by atoms with van der Waals surface area (Å²) in [6.07, 6.45) is 6.92.